The quantitative estimate of drug-likeness (QED) is 0.350. The Labute approximate surface area is 215 Å². The van der Waals surface area contributed by atoms with E-state index < -0.39 is 9.84 Å². The van der Waals surface area contributed by atoms with E-state index in [4.69, 9.17) is 16.7 Å². The van der Waals surface area contributed by atoms with Crippen molar-refractivity contribution >= 4 is 48.8 Å². The Hall–Kier alpha value is -3.39. The molecule has 0 bridgehead atoms. The molecule has 0 radical (unpaired) electrons. The van der Waals surface area contributed by atoms with Crippen molar-refractivity contribution in [1.29, 1.82) is 0 Å². The van der Waals surface area contributed by atoms with Gasteiger partial charge in [0.05, 0.1) is 17.0 Å². The zero-order valence-electron chi connectivity index (χ0n) is 19.6. The predicted octanol–water partition coefficient (Wildman–Crippen LogP) is 5.13. The van der Waals surface area contributed by atoms with Crippen LogP contribution in [-0.2, 0) is 16.4 Å². The fraction of sp³-hybridized carbons (Fsp3) is 0.179. The Morgan fingerprint density at radius 3 is 2.47 bits per heavy atom. The molecule has 1 N–H and O–H groups in total. The lowest BCUT2D eigenvalue weighted by Gasteiger charge is -2.29. The van der Waals surface area contributed by atoms with Gasteiger partial charge in [0.1, 0.15) is 0 Å². The molecule has 4 aromatic carbocycles. The second kappa shape index (κ2) is 9.24. The molecule has 2 heterocycles. The lowest BCUT2D eigenvalue weighted by molar-refractivity contribution is 0.587. The van der Waals surface area contributed by atoms with Crippen molar-refractivity contribution in [1.82, 2.24) is 15.1 Å². The number of fused-ring (bicyclic) bond motifs is 2. The minimum absolute atomic E-state index is 0.0767. The smallest absolute Gasteiger partial charge is 0.226 e. The molecule has 36 heavy (non-hydrogen) atoms. The summed E-state index contributed by atoms with van der Waals surface area (Å²) in [7, 11) is -3.91. The molecule has 0 amide bonds. The number of rotatable bonds is 5. The SMILES string of the molecule is O=S(=O)(c1cccc2ccccc12)c1nn(Cc2cccc(Cl)c2)c2ccc(N3CCNCC3)cc12. The number of piperazine rings is 1. The van der Waals surface area contributed by atoms with Crippen LogP contribution in [0.2, 0.25) is 5.02 Å². The van der Waals surface area contributed by atoms with Crippen molar-refractivity contribution in [3.63, 3.8) is 0 Å². The molecule has 0 unspecified atom stereocenters. The van der Waals surface area contributed by atoms with Crippen LogP contribution in [0, 0.1) is 0 Å². The first kappa shape index (κ1) is 23.0. The van der Waals surface area contributed by atoms with Crippen LogP contribution in [-0.4, -0.2) is 44.4 Å². The van der Waals surface area contributed by atoms with Gasteiger partial charge in [-0.15, -0.1) is 0 Å². The summed E-state index contributed by atoms with van der Waals surface area (Å²) in [6, 6.07) is 26.5. The van der Waals surface area contributed by atoms with E-state index in [1.165, 1.54) is 0 Å². The minimum atomic E-state index is -3.91. The maximum atomic E-state index is 14.1. The zero-order chi connectivity index (χ0) is 24.7. The van der Waals surface area contributed by atoms with E-state index in [9.17, 15) is 8.42 Å². The first-order valence-electron chi connectivity index (χ1n) is 11.9. The Balaban J connectivity index is 1.55. The molecule has 1 aromatic heterocycles. The largest absolute Gasteiger partial charge is 0.369 e. The lowest BCUT2D eigenvalue weighted by atomic mass is 10.1. The summed E-state index contributed by atoms with van der Waals surface area (Å²) in [5, 5.41) is 11.0. The van der Waals surface area contributed by atoms with E-state index in [2.05, 4.69) is 16.3 Å². The number of nitrogens with one attached hydrogen (secondary N) is 1. The Bertz CT molecular complexity index is 1690. The van der Waals surface area contributed by atoms with Gasteiger partial charge >= 0.3 is 0 Å². The van der Waals surface area contributed by atoms with Gasteiger partial charge in [0.2, 0.25) is 9.84 Å². The predicted molar refractivity (Wildman–Crippen MR) is 145 cm³/mol. The number of hydrogen-bond donors (Lipinski definition) is 1. The van der Waals surface area contributed by atoms with Crippen molar-refractivity contribution < 1.29 is 8.42 Å². The van der Waals surface area contributed by atoms with Crippen molar-refractivity contribution in [2.75, 3.05) is 31.1 Å². The van der Waals surface area contributed by atoms with E-state index in [0.717, 1.165) is 48.3 Å². The van der Waals surface area contributed by atoms with Gasteiger partial charge in [-0.25, -0.2) is 8.42 Å². The second-order valence-electron chi connectivity index (χ2n) is 9.01. The van der Waals surface area contributed by atoms with Crippen LogP contribution in [0.1, 0.15) is 5.56 Å². The Morgan fingerprint density at radius 2 is 1.64 bits per heavy atom. The standard InChI is InChI=1S/C28H25ClN4O2S/c29-22-8-3-5-20(17-22)19-33-26-12-11-23(32-15-13-30-14-16-32)18-25(26)28(31-33)36(34,35)27-10-4-7-21-6-1-2-9-24(21)27/h1-12,17-18,30H,13-16,19H2. The highest BCUT2D eigenvalue weighted by molar-refractivity contribution is 7.91. The van der Waals surface area contributed by atoms with Gasteiger partial charge in [0.25, 0.3) is 0 Å². The summed E-state index contributed by atoms with van der Waals surface area (Å²) >= 11 is 6.21. The van der Waals surface area contributed by atoms with E-state index in [0.29, 0.717) is 22.3 Å². The molecule has 6 nitrogen and oxygen atoms in total. The number of anilines is 1. The maximum Gasteiger partial charge on any atom is 0.226 e. The third-order valence-corrected chi connectivity index (χ3v) is 8.68. The molecule has 5 aromatic rings. The van der Waals surface area contributed by atoms with Gasteiger partial charge in [0, 0.05) is 47.7 Å². The maximum absolute atomic E-state index is 14.1. The number of hydrogen-bond acceptors (Lipinski definition) is 5. The molecule has 0 spiro atoms. The highest BCUT2D eigenvalue weighted by Gasteiger charge is 2.28. The zero-order valence-corrected chi connectivity index (χ0v) is 21.1. The minimum Gasteiger partial charge on any atom is -0.369 e. The van der Waals surface area contributed by atoms with Gasteiger partial charge in [-0.05, 0) is 47.3 Å². The molecule has 0 atom stereocenters. The van der Waals surface area contributed by atoms with Crippen molar-refractivity contribution in [2.24, 2.45) is 0 Å². The summed E-state index contributed by atoms with van der Waals surface area (Å²) in [5.74, 6) is 0. The third kappa shape index (κ3) is 4.13. The molecule has 1 saturated heterocycles. The number of sulfone groups is 1. The molecule has 8 heteroatoms. The van der Waals surface area contributed by atoms with Gasteiger partial charge in [-0.2, -0.15) is 5.10 Å². The molecular formula is C28H25ClN4O2S. The monoisotopic (exact) mass is 516 g/mol. The van der Waals surface area contributed by atoms with Crippen LogP contribution in [0.25, 0.3) is 21.7 Å². The van der Waals surface area contributed by atoms with E-state index in [-0.39, 0.29) is 9.92 Å². The first-order valence-corrected chi connectivity index (χ1v) is 13.8. The average Bonchev–Trinajstić information content (AvgIpc) is 3.27. The molecule has 182 valence electrons. The van der Waals surface area contributed by atoms with Gasteiger partial charge in [0.15, 0.2) is 5.03 Å². The summed E-state index contributed by atoms with van der Waals surface area (Å²) in [4.78, 5) is 2.54. The highest BCUT2D eigenvalue weighted by Crippen LogP contribution is 2.34. The van der Waals surface area contributed by atoms with Crippen molar-refractivity contribution in [3.05, 3.63) is 95.5 Å². The number of halogens is 1. The van der Waals surface area contributed by atoms with E-state index in [1.54, 1.807) is 16.8 Å². The van der Waals surface area contributed by atoms with Crippen LogP contribution in [0.3, 0.4) is 0 Å². The summed E-state index contributed by atoms with van der Waals surface area (Å²) in [6.07, 6.45) is 0. The Kier molecular flexibility index (Phi) is 5.91. The Morgan fingerprint density at radius 1 is 0.861 bits per heavy atom. The summed E-state index contributed by atoms with van der Waals surface area (Å²) < 4.78 is 30.1. The number of nitrogens with zero attached hydrogens (tertiary/aromatic N) is 3. The topological polar surface area (TPSA) is 67.2 Å². The highest BCUT2D eigenvalue weighted by atomic mass is 35.5. The fourth-order valence-electron chi connectivity index (χ4n) is 4.92. The number of benzene rings is 4. The molecule has 0 aliphatic carbocycles. The van der Waals surface area contributed by atoms with E-state index >= 15 is 0 Å². The van der Waals surface area contributed by atoms with Crippen LogP contribution >= 0.6 is 11.6 Å². The van der Waals surface area contributed by atoms with Gasteiger partial charge < -0.3 is 10.2 Å². The van der Waals surface area contributed by atoms with Crippen molar-refractivity contribution in [3.8, 4) is 0 Å². The molecule has 0 saturated carbocycles. The van der Waals surface area contributed by atoms with Crippen LogP contribution in [0.15, 0.2) is 94.9 Å². The van der Waals surface area contributed by atoms with Crippen LogP contribution < -0.4 is 10.2 Å². The molecule has 1 aliphatic rings. The van der Waals surface area contributed by atoms with Gasteiger partial charge in [-0.3, -0.25) is 4.68 Å². The number of aromatic nitrogens is 2. The second-order valence-corrected chi connectivity index (χ2v) is 11.3. The first-order chi connectivity index (χ1) is 17.5. The normalized spacial score (nSPS) is 14.5. The molecule has 1 aliphatic heterocycles. The molecular weight excluding hydrogens is 492 g/mol. The average molecular weight is 517 g/mol. The van der Waals surface area contributed by atoms with Crippen molar-refractivity contribution in [2.45, 2.75) is 16.5 Å². The molecule has 1 fully saturated rings. The lowest BCUT2D eigenvalue weighted by Crippen LogP contribution is -2.43. The summed E-state index contributed by atoms with van der Waals surface area (Å²) in [5.41, 5.74) is 2.72. The van der Waals surface area contributed by atoms with Crippen LogP contribution in [0.4, 0.5) is 5.69 Å². The summed E-state index contributed by atoms with van der Waals surface area (Å²) in [6.45, 7) is 3.94. The molecule has 6 rings (SSSR count). The third-order valence-electron chi connectivity index (χ3n) is 6.70. The van der Waals surface area contributed by atoms with Gasteiger partial charge in [-0.1, -0.05) is 60.1 Å². The van der Waals surface area contributed by atoms with E-state index in [1.807, 2.05) is 66.7 Å². The van der Waals surface area contributed by atoms with Crippen LogP contribution in [0.5, 0.6) is 0 Å². The fourth-order valence-corrected chi connectivity index (χ4v) is 6.73.